The van der Waals surface area contributed by atoms with Crippen molar-refractivity contribution in [3.63, 3.8) is 0 Å². The number of hydrogen-bond acceptors (Lipinski definition) is 2. The lowest BCUT2D eigenvalue weighted by Crippen LogP contribution is -2.28. The number of sulfonamides is 1. The first kappa shape index (κ1) is 9.46. The Balaban J connectivity index is 2.00. The van der Waals surface area contributed by atoms with Crippen LogP contribution in [0.15, 0.2) is 0 Å². The van der Waals surface area contributed by atoms with E-state index < -0.39 is 10.0 Å². The van der Waals surface area contributed by atoms with Crippen LogP contribution in [-0.4, -0.2) is 31.6 Å². The van der Waals surface area contributed by atoms with Crippen molar-refractivity contribution in [3.05, 3.63) is 0 Å². The molecule has 1 heterocycles. The summed E-state index contributed by atoms with van der Waals surface area (Å²) in [5.41, 5.74) is 0. The minimum atomic E-state index is -2.87. The van der Waals surface area contributed by atoms with Crippen LogP contribution in [0.4, 0.5) is 0 Å². The second-order valence-corrected chi connectivity index (χ2v) is 6.33. The van der Waals surface area contributed by atoms with E-state index in [0.29, 0.717) is 17.6 Å². The van der Waals surface area contributed by atoms with Gasteiger partial charge in [-0.25, -0.2) is 12.7 Å². The monoisotopic (exact) mass is 203 g/mol. The van der Waals surface area contributed by atoms with Gasteiger partial charge in [-0.05, 0) is 24.7 Å². The smallest absolute Gasteiger partial charge is 0.212 e. The Kier molecular flexibility index (Phi) is 2.36. The molecule has 2 aliphatic rings. The third-order valence-corrected chi connectivity index (χ3v) is 5.02. The molecule has 1 atom stereocenters. The number of hydrogen-bond donors (Lipinski definition) is 0. The van der Waals surface area contributed by atoms with Crippen LogP contribution in [0.3, 0.4) is 0 Å². The first-order valence-corrected chi connectivity index (χ1v) is 6.70. The standard InChI is InChI=1S/C9H17NO2S/c1-2-8-5-10(6-9-3-4-9)13(11,12)7-8/h8-9H,2-7H2,1H3/t8-/m1/s1. The van der Waals surface area contributed by atoms with Crippen LogP contribution in [-0.2, 0) is 10.0 Å². The first-order valence-electron chi connectivity index (χ1n) is 5.09. The molecule has 13 heavy (non-hydrogen) atoms. The maximum atomic E-state index is 11.6. The van der Waals surface area contributed by atoms with Gasteiger partial charge in [0.25, 0.3) is 0 Å². The van der Waals surface area contributed by atoms with Crippen molar-refractivity contribution >= 4 is 10.0 Å². The van der Waals surface area contributed by atoms with E-state index in [1.165, 1.54) is 12.8 Å². The van der Waals surface area contributed by atoms with E-state index in [2.05, 4.69) is 6.92 Å². The minimum Gasteiger partial charge on any atom is -0.212 e. The maximum Gasteiger partial charge on any atom is 0.214 e. The molecule has 0 aromatic rings. The van der Waals surface area contributed by atoms with Gasteiger partial charge in [0.15, 0.2) is 0 Å². The fourth-order valence-electron chi connectivity index (χ4n) is 1.88. The molecule has 0 spiro atoms. The summed E-state index contributed by atoms with van der Waals surface area (Å²) >= 11 is 0. The second kappa shape index (κ2) is 3.24. The van der Waals surface area contributed by atoms with Crippen molar-refractivity contribution in [3.8, 4) is 0 Å². The molecule has 2 fully saturated rings. The summed E-state index contributed by atoms with van der Waals surface area (Å²) in [5, 5.41) is 0. The highest BCUT2D eigenvalue weighted by molar-refractivity contribution is 7.89. The van der Waals surface area contributed by atoms with Gasteiger partial charge in [0.05, 0.1) is 5.75 Å². The summed E-state index contributed by atoms with van der Waals surface area (Å²) in [4.78, 5) is 0. The average molecular weight is 203 g/mol. The predicted octanol–water partition coefficient (Wildman–Crippen LogP) is 1.07. The highest BCUT2D eigenvalue weighted by Crippen LogP contribution is 2.33. The van der Waals surface area contributed by atoms with Crippen LogP contribution in [0.5, 0.6) is 0 Å². The van der Waals surface area contributed by atoms with Gasteiger partial charge in [0.2, 0.25) is 10.0 Å². The van der Waals surface area contributed by atoms with E-state index in [9.17, 15) is 8.42 Å². The Morgan fingerprint density at radius 1 is 1.31 bits per heavy atom. The van der Waals surface area contributed by atoms with Crippen molar-refractivity contribution in [1.29, 1.82) is 0 Å². The Morgan fingerprint density at radius 2 is 2.00 bits per heavy atom. The van der Waals surface area contributed by atoms with Gasteiger partial charge in [-0.15, -0.1) is 0 Å². The van der Waals surface area contributed by atoms with E-state index in [0.717, 1.165) is 19.5 Å². The van der Waals surface area contributed by atoms with Gasteiger partial charge in [-0.1, -0.05) is 13.3 Å². The van der Waals surface area contributed by atoms with Gasteiger partial charge in [0.1, 0.15) is 0 Å². The Bertz CT molecular complexity index is 282. The molecule has 0 bridgehead atoms. The summed E-state index contributed by atoms with van der Waals surface area (Å²) in [6.45, 7) is 3.63. The average Bonchev–Trinajstić information content (AvgIpc) is 2.80. The highest BCUT2D eigenvalue weighted by Gasteiger charge is 2.38. The normalized spacial score (nSPS) is 33.8. The molecule has 3 nitrogen and oxygen atoms in total. The molecule has 1 saturated heterocycles. The van der Waals surface area contributed by atoms with Crippen LogP contribution >= 0.6 is 0 Å². The van der Waals surface area contributed by atoms with Gasteiger partial charge < -0.3 is 0 Å². The van der Waals surface area contributed by atoms with Crippen LogP contribution in [0.25, 0.3) is 0 Å². The van der Waals surface area contributed by atoms with Crippen molar-refractivity contribution in [2.24, 2.45) is 11.8 Å². The third kappa shape index (κ3) is 2.05. The van der Waals surface area contributed by atoms with Crippen molar-refractivity contribution in [2.45, 2.75) is 26.2 Å². The zero-order chi connectivity index (χ0) is 9.47. The van der Waals surface area contributed by atoms with Crippen molar-refractivity contribution < 1.29 is 8.42 Å². The molecular formula is C9H17NO2S. The Hall–Kier alpha value is -0.0900. The lowest BCUT2D eigenvalue weighted by molar-refractivity contribution is 0.385. The molecule has 0 radical (unpaired) electrons. The van der Waals surface area contributed by atoms with E-state index >= 15 is 0 Å². The summed E-state index contributed by atoms with van der Waals surface area (Å²) in [6, 6.07) is 0. The minimum absolute atomic E-state index is 0.378. The first-order chi connectivity index (χ1) is 6.12. The van der Waals surface area contributed by atoms with Crippen LogP contribution in [0.2, 0.25) is 0 Å². The summed E-state index contributed by atoms with van der Waals surface area (Å²) in [6.07, 6.45) is 3.44. The summed E-state index contributed by atoms with van der Waals surface area (Å²) in [7, 11) is -2.87. The second-order valence-electron chi connectivity index (χ2n) is 4.31. The fraction of sp³-hybridized carbons (Fsp3) is 1.00. The zero-order valence-electron chi connectivity index (χ0n) is 8.07. The molecule has 0 N–H and O–H groups in total. The molecule has 1 aliphatic heterocycles. The van der Waals surface area contributed by atoms with Gasteiger partial charge in [-0.3, -0.25) is 0 Å². The fourth-order valence-corrected chi connectivity index (χ4v) is 3.90. The van der Waals surface area contributed by atoms with E-state index in [1.807, 2.05) is 0 Å². The number of nitrogens with zero attached hydrogens (tertiary/aromatic N) is 1. The molecular weight excluding hydrogens is 186 g/mol. The van der Waals surface area contributed by atoms with Gasteiger partial charge >= 0.3 is 0 Å². The molecule has 0 unspecified atom stereocenters. The molecule has 0 amide bonds. The van der Waals surface area contributed by atoms with Gasteiger partial charge in [-0.2, -0.15) is 0 Å². The van der Waals surface area contributed by atoms with E-state index in [-0.39, 0.29) is 0 Å². The van der Waals surface area contributed by atoms with Crippen LogP contribution < -0.4 is 0 Å². The molecule has 0 aromatic heterocycles. The molecule has 2 rings (SSSR count). The third-order valence-electron chi connectivity index (χ3n) is 3.04. The lowest BCUT2D eigenvalue weighted by atomic mass is 10.1. The predicted molar refractivity (Wildman–Crippen MR) is 51.9 cm³/mol. The lowest BCUT2D eigenvalue weighted by Gasteiger charge is -2.13. The van der Waals surface area contributed by atoms with Crippen LogP contribution in [0, 0.1) is 11.8 Å². The molecule has 1 aliphatic carbocycles. The quantitative estimate of drug-likeness (QED) is 0.688. The summed E-state index contributed by atoms with van der Waals surface area (Å²) in [5.74, 6) is 1.44. The van der Waals surface area contributed by atoms with Crippen LogP contribution in [0.1, 0.15) is 26.2 Å². The van der Waals surface area contributed by atoms with E-state index in [1.54, 1.807) is 4.31 Å². The molecule has 0 aromatic carbocycles. The summed E-state index contributed by atoms with van der Waals surface area (Å²) < 4.78 is 24.9. The highest BCUT2D eigenvalue weighted by atomic mass is 32.2. The molecule has 76 valence electrons. The zero-order valence-corrected chi connectivity index (χ0v) is 8.89. The van der Waals surface area contributed by atoms with Crippen molar-refractivity contribution in [2.75, 3.05) is 18.8 Å². The van der Waals surface area contributed by atoms with E-state index in [4.69, 9.17) is 0 Å². The Labute approximate surface area is 80.2 Å². The molecule has 1 saturated carbocycles. The Morgan fingerprint density at radius 3 is 2.46 bits per heavy atom. The maximum absolute atomic E-state index is 11.6. The largest absolute Gasteiger partial charge is 0.214 e. The SMILES string of the molecule is CC[C@@H]1CN(CC2CC2)S(=O)(=O)C1. The van der Waals surface area contributed by atoms with Crippen molar-refractivity contribution in [1.82, 2.24) is 4.31 Å². The molecule has 4 heteroatoms. The van der Waals surface area contributed by atoms with Gasteiger partial charge in [0, 0.05) is 13.1 Å². The number of rotatable bonds is 3. The topological polar surface area (TPSA) is 37.4 Å².